The monoisotopic (exact) mass is 381 g/mol. The van der Waals surface area contributed by atoms with Crippen LogP contribution < -0.4 is 4.18 Å². The van der Waals surface area contributed by atoms with Crippen LogP contribution in [0.2, 0.25) is 5.02 Å². The van der Waals surface area contributed by atoms with Crippen LogP contribution in [0.1, 0.15) is 5.56 Å². The molecular weight excluding hydrogens is 375 g/mol. The quantitative estimate of drug-likeness (QED) is 0.453. The van der Waals surface area contributed by atoms with Gasteiger partial charge in [-0.25, -0.2) is 0 Å². The first-order valence-corrected chi connectivity index (χ1v) is 7.85. The molecule has 0 atom stereocenters. The van der Waals surface area contributed by atoms with Crippen molar-refractivity contribution in [1.82, 2.24) is 0 Å². The second-order valence-corrected chi connectivity index (χ2v) is 6.38. The fourth-order valence-corrected chi connectivity index (χ4v) is 3.04. The minimum Gasteiger partial charge on any atom is -0.379 e. The van der Waals surface area contributed by atoms with Gasteiger partial charge in [0, 0.05) is 17.2 Å². The van der Waals surface area contributed by atoms with Gasteiger partial charge in [-0.15, -0.1) is 0 Å². The maximum Gasteiger partial charge on any atom is 0.417 e. The van der Waals surface area contributed by atoms with Crippen molar-refractivity contribution in [3.8, 4) is 5.75 Å². The molecule has 0 unspecified atom stereocenters. The summed E-state index contributed by atoms with van der Waals surface area (Å²) in [5, 5.41) is 10.2. The molecular formula is C13H7ClF3NO5S. The summed E-state index contributed by atoms with van der Waals surface area (Å²) < 4.78 is 67.8. The van der Waals surface area contributed by atoms with Crippen molar-refractivity contribution in [2.24, 2.45) is 0 Å². The van der Waals surface area contributed by atoms with Gasteiger partial charge in [-0.2, -0.15) is 21.6 Å². The molecule has 24 heavy (non-hydrogen) atoms. The summed E-state index contributed by atoms with van der Waals surface area (Å²) in [6.45, 7) is 0. The zero-order valence-corrected chi connectivity index (χ0v) is 13.0. The summed E-state index contributed by atoms with van der Waals surface area (Å²) in [4.78, 5) is 8.68. The molecule has 0 bridgehead atoms. The molecule has 6 nitrogen and oxygen atoms in total. The van der Waals surface area contributed by atoms with Crippen molar-refractivity contribution < 1.29 is 30.7 Å². The van der Waals surface area contributed by atoms with E-state index in [-0.39, 0.29) is 16.5 Å². The van der Waals surface area contributed by atoms with Gasteiger partial charge in [0.25, 0.3) is 5.69 Å². The molecule has 0 radical (unpaired) electrons. The summed E-state index contributed by atoms with van der Waals surface area (Å²) in [5.41, 5.74) is -1.81. The van der Waals surface area contributed by atoms with E-state index in [2.05, 4.69) is 4.18 Å². The van der Waals surface area contributed by atoms with Gasteiger partial charge in [0.2, 0.25) is 0 Å². The van der Waals surface area contributed by atoms with Crippen LogP contribution in [-0.4, -0.2) is 13.3 Å². The van der Waals surface area contributed by atoms with E-state index >= 15 is 0 Å². The maximum absolute atomic E-state index is 13.0. The average molecular weight is 382 g/mol. The number of halogens is 4. The molecule has 2 aromatic carbocycles. The van der Waals surface area contributed by atoms with Crippen molar-refractivity contribution in [1.29, 1.82) is 0 Å². The second-order valence-electron chi connectivity index (χ2n) is 4.43. The molecule has 0 N–H and O–H groups in total. The molecule has 0 saturated heterocycles. The summed E-state index contributed by atoms with van der Waals surface area (Å²) in [6, 6.07) is 5.94. The first-order valence-electron chi connectivity index (χ1n) is 6.06. The fourth-order valence-electron chi connectivity index (χ4n) is 1.74. The number of nitro groups is 1. The Morgan fingerprint density at radius 3 is 2.17 bits per heavy atom. The Bertz CT molecular complexity index is 881. The molecule has 0 heterocycles. The summed E-state index contributed by atoms with van der Waals surface area (Å²) >= 11 is 5.48. The van der Waals surface area contributed by atoms with E-state index in [1.165, 1.54) is 0 Å². The molecule has 0 saturated carbocycles. The highest BCUT2D eigenvalue weighted by atomic mass is 35.5. The van der Waals surface area contributed by atoms with Crippen LogP contribution in [0, 0.1) is 10.1 Å². The number of hydrogen-bond acceptors (Lipinski definition) is 5. The molecule has 128 valence electrons. The first kappa shape index (κ1) is 18.0. The topological polar surface area (TPSA) is 86.5 Å². The average Bonchev–Trinajstić information content (AvgIpc) is 2.46. The van der Waals surface area contributed by atoms with Crippen molar-refractivity contribution in [2.75, 3.05) is 0 Å². The van der Waals surface area contributed by atoms with E-state index in [4.69, 9.17) is 11.6 Å². The molecule has 11 heteroatoms. The van der Waals surface area contributed by atoms with E-state index in [1.807, 2.05) is 0 Å². The molecule has 0 aliphatic rings. The third kappa shape index (κ3) is 3.95. The number of hydrogen-bond donors (Lipinski definition) is 0. The zero-order valence-electron chi connectivity index (χ0n) is 11.5. The maximum atomic E-state index is 13.0. The van der Waals surface area contributed by atoms with Crippen molar-refractivity contribution in [3.63, 3.8) is 0 Å². The largest absolute Gasteiger partial charge is 0.417 e. The number of benzene rings is 2. The number of rotatable bonds is 4. The van der Waals surface area contributed by atoms with Gasteiger partial charge >= 0.3 is 16.3 Å². The Morgan fingerprint density at radius 2 is 1.67 bits per heavy atom. The smallest absolute Gasteiger partial charge is 0.379 e. The van der Waals surface area contributed by atoms with E-state index < -0.39 is 31.7 Å². The van der Waals surface area contributed by atoms with Crippen LogP contribution in [0.3, 0.4) is 0 Å². The van der Waals surface area contributed by atoms with Gasteiger partial charge < -0.3 is 4.18 Å². The Kier molecular flexibility index (Phi) is 4.72. The zero-order chi connectivity index (χ0) is 18.1. The normalized spacial score (nSPS) is 12.0. The van der Waals surface area contributed by atoms with Crippen LogP contribution in [-0.2, 0) is 16.3 Å². The van der Waals surface area contributed by atoms with Gasteiger partial charge in [0.15, 0.2) is 0 Å². The SMILES string of the molecule is O=[N+]([O-])c1ccc(OS(=O)(=O)c2ccc(Cl)cc2C(F)(F)F)cc1. The number of alkyl halides is 3. The van der Waals surface area contributed by atoms with Gasteiger partial charge in [-0.3, -0.25) is 10.1 Å². The van der Waals surface area contributed by atoms with Gasteiger partial charge in [-0.05, 0) is 30.3 Å². The third-order valence-corrected chi connectivity index (χ3v) is 4.31. The molecule has 0 aromatic heterocycles. The van der Waals surface area contributed by atoms with E-state index in [1.54, 1.807) is 0 Å². The molecule has 0 fully saturated rings. The van der Waals surface area contributed by atoms with Crippen LogP contribution in [0.25, 0.3) is 0 Å². The van der Waals surface area contributed by atoms with E-state index in [0.717, 1.165) is 30.3 Å². The third-order valence-electron chi connectivity index (χ3n) is 2.77. The summed E-state index contributed by atoms with van der Waals surface area (Å²) in [5.74, 6) is -0.372. The predicted molar refractivity (Wildman–Crippen MR) is 77.4 cm³/mol. The van der Waals surface area contributed by atoms with Crippen molar-refractivity contribution in [2.45, 2.75) is 11.1 Å². The standard InChI is InChI=1S/C13H7ClF3NO5S/c14-8-1-6-12(11(7-8)13(15,16)17)24(21,22)23-10-4-2-9(3-5-10)18(19)20/h1-7H. The molecule has 0 aliphatic carbocycles. The Hall–Kier alpha value is -2.33. The molecule has 2 rings (SSSR count). The van der Waals surface area contributed by atoms with Gasteiger partial charge in [0.05, 0.1) is 10.5 Å². The number of nitro benzene ring substituents is 1. The van der Waals surface area contributed by atoms with E-state index in [0.29, 0.717) is 12.1 Å². The first-order chi connectivity index (χ1) is 11.0. The number of nitrogens with zero attached hydrogens (tertiary/aromatic N) is 1. The predicted octanol–water partition coefficient (Wildman–Crippen LogP) is 4.03. The van der Waals surface area contributed by atoms with E-state index in [9.17, 15) is 31.7 Å². The van der Waals surface area contributed by atoms with Crippen molar-refractivity contribution in [3.05, 3.63) is 63.2 Å². The molecule has 0 amide bonds. The van der Waals surface area contributed by atoms with Crippen LogP contribution in [0.5, 0.6) is 5.75 Å². The number of non-ortho nitro benzene ring substituents is 1. The minimum absolute atomic E-state index is 0.295. The Labute approximate surface area is 138 Å². The fraction of sp³-hybridized carbons (Fsp3) is 0.0769. The minimum atomic E-state index is -4.97. The molecule has 2 aromatic rings. The second kappa shape index (κ2) is 6.29. The van der Waals surface area contributed by atoms with Gasteiger partial charge in [0.1, 0.15) is 10.6 Å². The highest BCUT2D eigenvalue weighted by Crippen LogP contribution is 2.36. The molecule has 0 spiro atoms. The summed E-state index contributed by atoms with van der Waals surface area (Å²) in [6.07, 6.45) is -4.97. The van der Waals surface area contributed by atoms with Crippen molar-refractivity contribution >= 4 is 27.4 Å². The van der Waals surface area contributed by atoms with Crippen LogP contribution in [0.4, 0.5) is 18.9 Å². The van der Waals surface area contributed by atoms with Gasteiger partial charge in [-0.1, -0.05) is 11.6 Å². The lowest BCUT2D eigenvalue weighted by molar-refractivity contribution is -0.384. The highest BCUT2D eigenvalue weighted by Gasteiger charge is 2.38. The summed E-state index contributed by atoms with van der Waals surface area (Å²) in [7, 11) is -4.83. The van der Waals surface area contributed by atoms with Crippen LogP contribution in [0.15, 0.2) is 47.4 Å². The lowest BCUT2D eigenvalue weighted by Crippen LogP contribution is -2.17. The van der Waals surface area contributed by atoms with Crippen LogP contribution >= 0.6 is 11.6 Å². The highest BCUT2D eigenvalue weighted by molar-refractivity contribution is 7.87. The lowest BCUT2D eigenvalue weighted by atomic mass is 10.2. The lowest BCUT2D eigenvalue weighted by Gasteiger charge is -2.14. The Balaban J connectivity index is 2.43. The Morgan fingerprint density at radius 1 is 1.08 bits per heavy atom. The molecule has 0 aliphatic heterocycles.